The first-order valence-corrected chi connectivity index (χ1v) is 13.1. The lowest BCUT2D eigenvalue weighted by molar-refractivity contribution is -0.154. The summed E-state index contributed by atoms with van der Waals surface area (Å²) in [5.74, 6) is 0.734. The summed E-state index contributed by atoms with van der Waals surface area (Å²) in [5, 5.41) is 8.90. The van der Waals surface area contributed by atoms with Gasteiger partial charge in [-0.1, -0.05) is 80.5 Å². The number of piperidine rings is 1. The van der Waals surface area contributed by atoms with Crippen LogP contribution < -0.4 is 10.1 Å². The largest absolute Gasteiger partial charge is 0.489 e. The van der Waals surface area contributed by atoms with E-state index in [9.17, 15) is 4.79 Å². The predicted octanol–water partition coefficient (Wildman–Crippen LogP) is 6.69. The lowest BCUT2D eigenvalue weighted by Crippen LogP contribution is -2.45. The van der Waals surface area contributed by atoms with Gasteiger partial charge in [0.1, 0.15) is 18.0 Å². The second kappa shape index (κ2) is 10.9. The van der Waals surface area contributed by atoms with E-state index in [4.69, 9.17) is 14.4 Å². The molecule has 1 spiro atoms. The molecule has 7 nitrogen and oxygen atoms in total. The third kappa shape index (κ3) is 6.34. The Morgan fingerprint density at radius 1 is 0.974 bits per heavy atom. The van der Waals surface area contributed by atoms with Gasteiger partial charge in [0.25, 0.3) is 0 Å². The van der Waals surface area contributed by atoms with Crippen LogP contribution in [0.3, 0.4) is 0 Å². The number of carbonyl (C=O) groups is 1. The van der Waals surface area contributed by atoms with Gasteiger partial charge in [-0.2, -0.15) is 0 Å². The van der Waals surface area contributed by atoms with E-state index in [0.717, 1.165) is 41.9 Å². The third-order valence-corrected chi connectivity index (χ3v) is 7.12. The van der Waals surface area contributed by atoms with Crippen molar-refractivity contribution in [2.75, 3.05) is 18.4 Å². The van der Waals surface area contributed by atoms with Crippen molar-refractivity contribution in [2.45, 2.75) is 57.7 Å². The SMILES string of the molecule is CC(C)(C)c1ccc(C2=NOC3(CCN(OC(=O)Nc4ccc(OCc5ccccc5)cc4)CC3)C2)cc1. The summed E-state index contributed by atoms with van der Waals surface area (Å²) in [6.07, 6.45) is 1.73. The van der Waals surface area contributed by atoms with Crippen LogP contribution in [-0.2, 0) is 21.7 Å². The molecule has 0 radical (unpaired) electrons. The average Bonchev–Trinajstić information content (AvgIpc) is 3.33. The molecule has 5 rings (SSSR count). The Hall–Kier alpha value is -3.84. The molecule has 2 heterocycles. The fraction of sp³-hybridized carbons (Fsp3) is 0.355. The van der Waals surface area contributed by atoms with Crippen LogP contribution in [0.1, 0.15) is 56.7 Å². The van der Waals surface area contributed by atoms with Crippen molar-refractivity contribution in [1.29, 1.82) is 0 Å². The van der Waals surface area contributed by atoms with Crippen LogP contribution in [0.4, 0.5) is 10.5 Å². The van der Waals surface area contributed by atoms with E-state index >= 15 is 0 Å². The molecule has 7 heteroatoms. The minimum absolute atomic E-state index is 0.118. The summed E-state index contributed by atoms with van der Waals surface area (Å²) in [7, 11) is 0. The van der Waals surface area contributed by atoms with Crippen molar-refractivity contribution in [2.24, 2.45) is 5.16 Å². The van der Waals surface area contributed by atoms with E-state index < -0.39 is 6.09 Å². The number of amides is 1. The Morgan fingerprint density at radius 2 is 1.66 bits per heavy atom. The van der Waals surface area contributed by atoms with Gasteiger partial charge in [0.2, 0.25) is 0 Å². The van der Waals surface area contributed by atoms with Crippen molar-refractivity contribution >= 4 is 17.5 Å². The summed E-state index contributed by atoms with van der Waals surface area (Å²) in [6.45, 7) is 8.30. The second-order valence-corrected chi connectivity index (χ2v) is 11.0. The van der Waals surface area contributed by atoms with Gasteiger partial charge in [-0.3, -0.25) is 5.32 Å². The predicted molar refractivity (Wildman–Crippen MR) is 148 cm³/mol. The smallest absolute Gasteiger partial charge is 0.430 e. The highest BCUT2D eigenvalue weighted by Gasteiger charge is 2.43. The third-order valence-electron chi connectivity index (χ3n) is 7.12. The van der Waals surface area contributed by atoms with Crippen LogP contribution >= 0.6 is 0 Å². The molecule has 0 aromatic heterocycles. The first-order chi connectivity index (χ1) is 18.3. The normalized spacial score (nSPS) is 17.0. The highest BCUT2D eigenvalue weighted by molar-refractivity contribution is 6.01. The quantitative estimate of drug-likeness (QED) is 0.398. The fourth-order valence-electron chi connectivity index (χ4n) is 4.73. The van der Waals surface area contributed by atoms with Crippen molar-refractivity contribution in [3.8, 4) is 5.75 Å². The molecule has 0 bridgehead atoms. The van der Waals surface area contributed by atoms with Crippen molar-refractivity contribution in [1.82, 2.24) is 5.06 Å². The number of benzene rings is 3. The molecule has 0 atom stereocenters. The van der Waals surface area contributed by atoms with Crippen LogP contribution in [0, 0.1) is 0 Å². The molecule has 0 saturated carbocycles. The fourth-order valence-corrected chi connectivity index (χ4v) is 4.73. The number of ether oxygens (including phenoxy) is 1. The van der Waals surface area contributed by atoms with E-state index in [-0.39, 0.29) is 11.0 Å². The monoisotopic (exact) mass is 513 g/mol. The van der Waals surface area contributed by atoms with Gasteiger partial charge in [-0.05, 0) is 46.4 Å². The summed E-state index contributed by atoms with van der Waals surface area (Å²) >= 11 is 0. The molecule has 1 N–H and O–H groups in total. The highest BCUT2D eigenvalue weighted by Crippen LogP contribution is 2.36. The van der Waals surface area contributed by atoms with E-state index in [1.807, 2.05) is 42.5 Å². The Bertz CT molecular complexity index is 1260. The Morgan fingerprint density at radius 3 is 2.32 bits per heavy atom. The Labute approximate surface area is 224 Å². The summed E-state index contributed by atoms with van der Waals surface area (Å²) in [6, 6.07) is 25.8. The minimum atomic E-state index is -0.512. The molecule has 2 aliphatic heterocycles. The number of nitrogens with one attached hydrogen (secondary N) is 1. The molecular formula is C31H35N3O4. The van der Waals surface area contributed by atoms with Gasteiger partial charge >= 0.3 is 6.09 Å². The van der Waals surface area contributed by atoms with Crippen LogP contribution in [0.15, 0.2) is 84.0 Å². The zero-order chi connectivity index (χ0) is 26.6. The maximum absolute atomic E-state index is 12.5. The number of carbonyl (C=O) groups excluding carboxylic acids is 1. The number of hydrogen-bond acceptors (Lipinski definition) is 6. The van der Waals surface area contributed by atoms with Gasteiger partial charge in [-0.25, -0.2) is 4.79 Å². The molecule has 0 unspecified atom stereocenters. The molecule has 2 aliphatic rings. The maximum Gasteiger partial charge on any atom is 0.430 e. The lowest BCUT2D eigenvalue weighted by Gasteiger charge is -2.35. The first kappa shape index (κ1) is 25.8. The molecule has 1 fully saturated rings. The van der Waals surface area contributed by atoms with Crippen molar-refractivity contribution in [3.63, 3.8) is 0 Å². The van der Waals surface area contributed by atoms with Crippen molar-refractivity contribution in [3.05, 3.63) is 95.6 Å². The zero-order valence-corrected chi connectivity index (χ0v) is 22.3. The summed E-state index contributed by atoms with van der Waals surface area (Å²) < 4.78 is 5.80. The molecule has 1 saturated heterocycles. The Kier molecular flexibility index (Phi) is 7.38. The second-order valence-electron chi connectivity index (χ2n) is 11.0. The number of hydroxylamine groups is 2. The highest BCUT2D eigenvalue weighted by atomic mass is 16.7. The molecule has 3 aromatic carbocycles. The summed E-state index contributed by atoms with van der Waals surface area (Å²) in [4.78, 5) is 24.0. The van der Waals surface area contributed by atoms with Crippen molar-refractivity contribution < 1.29 is 19.2 Å². The van der Waals surface area contributed by atoms with Gasteiger partial charge in [0, 0.05) is 38.0 Å². The Balaban J connectivity index is 1.06. The molecule has 1 amide bonds. The lowest BCUT2D eigenvalue weighted by atomic mass is 9.84. The van der Waals surface area contributed by atoms with E-state index in [2.05, 4.69) is 55.5 Å². The number of oxime groups is 1. The average molecular weight is 514 g/mol. The number of rotatable bonds is 6. The molecular weight excluding hydrogens is 478 g/mol. The van der Waals surface area contributed by atoms with Crippen LogP contribution in [0.5, 0.6) is 5.75 Å². The molecule has 198 valence electrons. The zero-order valence-electron chi connectivity index (χ0n) is 22.3. The minimum Gasteiger partial charge on any atom is -0.489 e. The van der Waals surface area contributed by atoms with Crippen LogP contribution in [0.25, 0.3) is 0 Å². The standard InChI is InChI=1S/C31H35N3O4/c1-30(2,3)25-11-9-24(10-12-25)28-21-31(38-33-28)17-19-34(20-18-31)37-29(35)32-26-13-15-27(16-14-26)36-22-23-7-5-4-6-8-23/h4-16H,17-22H2,1-3H3,(H,32,35). The molecule has 0 aliphatic carbocycles. The van der Waals surface area contributed by atoms with Crippen LogP contribution in [-0.4, -0.2) is 35.6 Å². The maximum atomic E-state index is 12.5. The van der Waals surface area contributed by atoms with Gasteiger partial charge in [0.15, 0.2) is 0 Å². The summed E-state index contributed by atoms with van der Waals surface area (Å²) in [5.41, 5.74) is 4.91. The van der Waals surface area contributed by atoms with Gasteiger partial charge in [0.05, 0.1) is 5.71 Å². The van der Waals surface area contributed by atoms with Crippen LogP contribution in [0.2, 0.25) is 0 Å². The number of anilines is 1. The van der Waals surface area contributed by atoms with Gasteiger partial charge < -0.3 is 14.4 Å². The number of hydrogen-bond donors (Lipinski definition) is 1. The first-order valence-electron chi connectivity index (χ1n) is 13.1. The number of nitrogens with zero attached hydrogens (tertiary/aromatic N) is 2. The van der Waals surface area contributed by atoms with Gasteiger partial charge in [-0.15, -0.1) is 5.06 Å². The van der Waals surface area contributed by atoms with E-state index in [1.165, 1.54) is 5.56 Å². The molecule has 38 heavy (non-hydrogen) atoms. The van der Waals surface area contributed by atoms with E-state index in [0.29, 0.717) is 25.4 Å². The van der Waals surface area contributed by atoms with E-state index in [1.54, 1.807) is 17.2 Å². The molecule has 3 aromatic rings. The topological polar surface area (TPSA) is 72.4 Å².